The van der Waals surface area contributed by atoms with Crippen LogP contribution in [0.3, 0.4) is 0 Å². The minimum Gasteiger partial charge on any atom is -0.480 e. The minimum absolute atomic E-state index is 0.0523. The average Bonchev–Trinajstić information content (AvgIpc) is 2.96. The van der Waals surface area contributed by atoms with Crippen molar-refractivity contribution in [1.29, 1.82) is 0 Å². The van der Waals surface area contributed by atoms with Crippen LogP contribution in [0.15, 0.2) is 0 Å². The predicted octanol–water partition coefficient (Wildman–Crippen LogP) is -0.964. The van der Waals surface area contributed by atoms with E-state index in [1.54, 1.807) is 0 Å². The summed E-state index contributed by atoms with van der Waals surface area (Å²) in [7, 11) is 1.45. The third-order valence-corrected chi connectivity index (χ3v) is 2.24. The van der Waals surface area contributed by atoms with E-state index < -0.39 is 12.0 Å². The van der Waals surface area contributed by atoms with Crippen LogP contribution in [0.4, 0.5) is 0 Å². The van der Waals surface area contributed by atoms with E-state index in [2.05, 4.69) is 0 Å². The number of carbonyl (C=O) groups excluding carboxylic acids is 1. The van der Waals surface area contributed by atoms with Crippen LogP contribution < -0.4 is 5.73 Å². The smallest absolute Gasteiger partial charge is 0.323 e. The first-order valence-corrected chi connectivity index (χ1v) is 4.83. The van der Waals surface area contributed by atoms with Gasteiger partial charge in [0, 0.05) is 13.2 Å². The molecule has 1 saturated carbocycles. The lowest BCUT2D eigenvalue weighted by Gasteiger charge is -2.23. The molecule has 0 bridgehead atoms. The Morgan fingerprint density at radius 2 is 2.20 bits per heavy atom. The zero-order valence-corrected chi connectivity index (χ0v) is 8.68. The van der Waals surface area contributed by atoms with E-state index >= 15 is 0 Å². The number of methoxy groups -OCH3 is 1. The third kappa shape index (κ3) is 3.49. The number of carbonyl (C=O) groups is 2. The maximum absolute atomic E-state index is 11.7. The highest BCUT2D eigenvalue weighted by Gasteiger charge is 2.35. The van der Waals surface area contributed by atoms with Gasteiger partial charge in [-0.05, 0) is 12.8 Å². The number of nitrogens with zero attached hydrogens (tertiary/aromatic N) is 1. The maximum atomic E-state index is 11.7. The second-order valence-electron chi connectivity index (χ2n) is 3.65. The molecule has 0 aromatic rings. The Morgan fingerprint density at radius 3 is 2.60 bits per heavy atom. The lowest BCUT2D eigenvalue weighted by molar-refractivity contribution is -0.146. The Hall–Kier alpha value is -1.14. The number of amides is 1. The van der Waals surface area contributed by atoms with Crippen molar-refractivity contribution in [3.8, 4) is 0 Å². The van der Waals surface area contributed by atoms with Crippen LogP contribution in [-0.2, 0) is 14.3 Å². The first kappa shape index (κ1) is 11.9. The van der Waals surface area contributed by atoms with Gasteiger partial charge in [0.2, 0.25) is 5.91 Å². The number of hydrogen-bond donors (Lipinski definition) is 2. The molecule has 0 aliphatic heterocycles. The van der Waals surface area contributed by atoms with Gasteiger partial charge in [-0.1, -0.05) is 0 Å². The summed E-state index contributed by atoms with van der Waals surface area (Å²) in [6.45, 7) is -0.164. The van der Waals surface area contributed by atoms with E-state index in [9.17, 15) is 9.59 Å². The Balaban J connectivity index is 2.54. The van der Waals surface area contributed by atoms with Crippen LogP contribution in [0.1, 0.15) is 12.8 Å². The molecule has 15 heavy (non-hydrogen) atoms. The van der Waals surface area contributed by atoms with Gasteiger partial charge in [0.25, 0.3) is 0 Å². The van der Waals surface area contributed by atoms with Crippen molar-refractivity contribution in [2.75, 3.05) is 20.3 Å². The number of rotatable bonds is 6. The van der Waals surface area contributed by atoms with E-state index in [4.69, 9.17) is 15.6 Å². The van der Waals surface area contributed by atoms with Crippen LogP contribution in [0.5, 0.6) is 0 Å². The summed E-state index contributed by atoms with van der Waals surface area (Å²) in [5.74, 6) is -1.36. The van der Waals surface area contributed by atoms with Crippen LogP contribution in [0.2, 0.25) is 0 Å². The van der Waals surface area contributed by atoms with Gasteiger partial charge in [-0.2, -0.15) is 0 Å². The standard InChI is InChI=1S/C9H16N2O4/c1-15-5-7(10)9(14)11(4-8(12)13)6-2-3-6/h6-7H,2-5,10H2,1H3,(H,12,13). The minimum atomic E-state index is -1.01. The summed E-state index contributed by atoms with van der Waals surface area (Å²) in [6.07, 6.45) is 1.72. The van der Waals surface area contributed by atoms with Gasteiger partial charge in [0.1, 0.15) is 12.6 Å². The fraction of sp³-hybridized carbons (Fsp3) is 0.778. The quantitative estimate of drug-likeness (QED) is 0.596. The Labute approximate surface area is 88.0 Å². The highest BCUT2D eigenvalue weighted by Crippen LogP contribution is 2.26. The first-order valence-electron chi connectivity index (χ1n) is 4.83. The highest BCUT2D eigenvalue weighted by molar-refractivity contribution is 5.85. The van der Waals surface area contributed by atoms with E-state index in [0.717, 1.165) is 12.8 Å². The predicted molar refractivity (Wildman–Crippen MR) is 52.2 cm³/mol. The molecule has 6 heteroatoms. The molecular formula is C9H16N2O4. The molecule has 1 atom stereocenters. The summed E-state index contributed by atoms with van der Waals surface area (Å²) in [4.78, 5) is 23.6. The van der Waals surface area contributed by atoms with Gasteiger partial charge in [0.05, 0.1) is 6.61 Å². The number of hydrogen-bond acceptors (Lipinski definition) is 4. The number of ether oxygens (including phenoxy) is 1. The Morgan fingerprint density at radius 1 is 1.60 bits per heavy atom. The molecule has 86 valence electrons. The molecule has 1 aliphatic rings. The van der Waals surface area contributed by atoms with E-state index in [1.165, 1.54) is 12.0 Å². The maximum Gasteiger partial charge on any atom is 0.323 e. The molecule has 0 aromatic heterocycles. The van der Waals surface area contributed by atoms with Crippen LogP contribution in [-0.4, -0.2) is 54.2 Å². The Bertz CT molecular complexity index is 252. The molecule has 0 saturated heterocycles. The summed E-state index contributed by atoms with van der Waals surface area (Å²) in [5, 5.41) is 8.66. The van der Waals surface area contributed by atoms with Crippen molar-refractivity contribution in [1.82, 2.24) is 4.90 Å². The number of nitrogens with two attached hydrogens (primary N) is 1. The molecule has 3 N–H and O–H groups in total. The van der Waals surface area contributed by atoms with Gasteiger partial charge in [-0.15, -0.1) is 0 Å². The SMILES string of the molecule is COCC(N)C(=O)N(CC(=O)O)C1CC1. The van der Waals surface area contributed by atoms with Gasteiger partial charge in [0.15, 0.2) is 0 Å². The van der Waals surface area contributed by atoms with Crippen molar-refractivity contribution >= 4 is 11.9 Å². The Kier molecular flexibility index (Phi) is 4.05. The van der Waals surface area contributed by atoms with Crippen molar-refractivity contribution in [2.45, 2.75) is 24.9 Å². The second-order valence-corrected chi connectivity index (χ2v) is 3.65. The molecule has 1 amide bonds. The van der Waals surface area contributed by atoms with Crippen molar-refractivity contribution in [3.63, 3.8) is 0 Å². The normalized spacial score (nSPS) is 17.2. The molecule has 6 nitrogen and oxygen atoms in total. The van der Waals surface area contributed by atoms with Gasteiger partial charge < -0.3 is 20.5 Å². The lowest BCUT2D eigenvalue weighted by atomic mass is 10.2. The molecule has 1 aliphatic carbocycles. The molecule has 0 aromatic carbocycles. The summed E-state index contributed by atoms with van der Waals surface area (Å²) >= 11 is 0. The van der Waals surface area contributed by atoms with Crippen molar-refractivity contribution in [2.24, 2.45) is 5.73 Å². The monoisotopic (exact) mass is 216 g/mol. The number of aliphatic carboxylic acids is 1. The van der Waals surface area contributed by atoms with Gasteiger partial charge in [-0.25, -0.2) is 0 Å². The fourth-order valence-corrected chi connectivity index (χ4v) is 1.38. The topological polar surface area (TPSA) is 92.9 Å². The first-order chi connectivity index (χ1) is 7.06. The number of carboxylic acids is 1. The van der Waals surface area contributed by atoms with Gasteiger partial charge in [-0.3, -0.25) is 9.59 Å². The number of carboxylic acid groups (broad SMARTS) is 1. The van der Waals surface area contributed by atoms with E-state index in [0.29, 0.717) is 0 Å². The zero-order valence-electron chi connectivity index (χ0n) is 8.68. The third-order valence-electron chi connectivity index (χ3n) is 2.24. The molecule has 0 spiro atoms. The largest absolute Gasteiger partial charge is 0.480 e. The van der Waals surface area contributed by atoms with Gasteiger partial charge >= 0.3 is 5.97 Å². The summed E-state index contributed by atoms with van der Waals surface area (Å²) < 4.78 is 4.76. The van der Waals surface area contributed by atoms with Crippen molar-refractivity contribution in [3.05, 3.63) is 0 Å². The van der Waals surface area contributed by atoms with Crippen LogP contribution >= 0.6 is 0 Å². The summed E-state index contributed by atoms with van der Waals surface area (Å²) in [5.41, 5.74) is 5.56. The van der Waals surface area contributed by atoms with E-state index in [1.807, 2.05) is 0 Å². The molecule has 1 fully saturated rings. The molecular weight excluding hydrogens is 200 g/mol. The van der Waals surface area contributed by atoms with Crippen molar-refractivity contribution < 1.29 is 19.4 Å². The molecule has 0 radical (unpaired) electrons. The summed E-state index contributed by atoms with van der Waals surface area (Å²) in [6, 6.07) is -0.716. The average molecular weight is 216 g/mol. The zero-order chi connectivity index (χ0) is 11.4. The second kappa shape index (κ2) is 5.09. The lowest BCUT2D eigenvalue weighted by Crippen LogP contribution is -2.48. The molecule has 1 rings (SSSR count). The fourth-order valence-electron chi connectivity index (χ4n) is 1.38. The van der Waals surface area contributed by atoms with E-state index in [-0.39, 0.29) is 25.1 Å². The van der Waals surface area contributed by atoms with Crippen LogP contribution in [0.25, 0.3) is 0 Å². The molecule has 1 unspecified atom stereocenters. The highest BCUT2D eigenvalue weighted by atomic mass is 16.5. The molecule has 0 heterocycles. The van der Waals surface area contributed by atoms with Crippen LogP contribution in [0, 0.1) is 0 Å².